The molecule has 0 rings (SSSR count). The summed E-state index contributed by atoms with van der Waals surface area (Å²) in [6.07, 6.45) is 1.08. The second-order valence-corrected chi connectivity index (χ2v) is 5.90. The largest absolute Gasteiger partial charge is 0.465 e. The Morgan fingerprint density at radius 1 is 1.33 bits per heavy atom. The summed E-state index contributed by atoms with van der Waals surface area (Å²) in [7, 11) is 0. The van der Waals surface area contributed by atoms with Gasteiger partial charge in [-0.05, 0) is 24.5 Å². The minimum Gasteiger partial charge on any atom is -0.465 e. The van der Waals surface area contributed by atoms with Crippen LogP contribution in [0.1, 0.15) is 46.5 Å². The number of esters is 1. The van der Waals surface area contributed by atoms with Crippen LogP contribution in [0.15, 0.2) is 0 Å². The zero-order valence-electron chi connectivity index (χ0n) is 11.5. The molecule has 0 aromatic heterocycles. The first kappa shape index (κ1) is 17.7. The molecule has 0 aliphatic carbocycles. The Bertz CT molecular complexity index is 233. The van der Waals surface area contributed by atoms with Gasteiger partial charge >= 0.3 is 5.97 Å². The maximum absolute atomic E-state index is 12.9. The summed E-state index contributed by atoms with van der Waals surface area (Å²) < 4.78 is 30.8. The normalized spacial score (nSPS) is 11.9. The molecule has 0 heterocycles. The van der Waals surface area contributed by atoms with E-state index < -0.39 is 5.92 Å². The van der Waals surface area contributed by atoms with E-state index >= 15 is 0 Å². The van der Waals surface area contributed by atoms with Crippen LogP contribution in [0.5, 0.6) is 0 Å². The second kappa shape index (κ2) is 9.59. The minimum absolute atomic E-state index is 0.0537. The van der Waals surface area contributed by atoms with Gasteiger partial charge in [-0.15, -0.1) is 0 Å². The molecule has 108 valence electrons. The van der Waals surface area contributed by atoms with Crippen LogP contribution < -0.4 is 0 Å². The molecule has 0 aromatic rings. The Morgan fingerprint density at radius 2 is 2.00 bits per heavy atom. The third kappa shape index (κ3) is 10.8. The van der Waals surface area contributed by atoms with Crippen LogP contribution in [0.4, 0.5) is 8.78 Å². The number of thioether (sulfide) groups is 1. The van der Waals surface area contributed by atoms with Gasteiger partial charge in [0.05, 0.1) is 12.4 Å². The fourth-order valence-corrected chi connectivity index (χ4v) is 2.02. The van der Waals surface area contributed by atoms with Crippen molar-refractivity contribution in [1.29, 1.82) is 0 Å². The lowest BCUT2D eigenvalue weighted by Crippen LogP contribution is -2.14. The molecule has 0 unspecified atom stereocenters. The zero-order valence-corrected chi connectivity index (χ0v) is 12.3. The van der Waals surface area contributed by atoms with Crippen molar-refractivity contribution >= 4 is 17.7 Å². The highest BCUT2D eigenvalue weighted by Gasteiger charge is 2.24. The van der Waals surface area contributed by atoms with Gasteiger partial charge in [-0.3, -0.25) is 4.79 Å². The van der Waals surface area contributed by atoms with Gasteiger partial charge in [0.2, 0.25) is 5.92 Å². The number of hydrogen-bond acceptors (Lipinski definition) is 3. The average Bonchev–Trinajstić information content (AvgIpc) is 2.31. The molecule has 0 fully saturated rings. The summed E-state index contributed by atoms with van der Waals surface area (Å²) in [6, 6.07) is 0. The highest BCUT2D eigenvalue weighted by Crippen LogP contribution is 2.25. The number of unbranched alkanes of at least 4 members (excludes halogenated alkanes) is 1. The molecule has 0 saturated carbocycles. The molecule has 0 N–H and O–H groups in total. The Morgan fingerprint density at radius 3 is 2.56 bits per heavy atom. The number of alkyl halides is 2. The standard InChI is InChI=1S/C13H24F2O2S/c1-4-13(14,15)7-5-6-8-18-10-12(16)17-9-11(2)3/h11H,4-10H2,1-3H3. The Hall–Kier alpha value is -0.320. The van der Waals surface area contributed by atoms with Crippen molar-refractivity contribution < 1.29 is 18.3 Å². The Kier molecular flexibility index (Phi) is 9.42. The fraction of sp³-hybridized carbons (Fsp3) is 0.923. The monoisotopic (exact) mass is 282 g/mol. The van der Waals surface area contributed by atoms with Gasteiger partial charge < -0.3 is 4.74 Å². The third-order valence-corrected chi connectivity index (χ3v) is 3.41. The van der Waals surface area contributed by atoms with Gasteiger partial charge in [-0.1, -0.05) is 20.8 Å². The Labute approximate surface area is 113 Å². The van der Waals surface area contributed by atoms with Crippen LogP contribution in [-0.4, -0.2) is 30.0 Å². The minimum atomic E-state index is -2.53. The topological polar surface area (TPSA) is 26.3 Å². The average molecular weight is 282 g/mol. The number of ether oxygens (including phenoxy) is 1. The molecule has 5 heteroatoms. The number of carbonyl (C=O) groups excluding carboxylic acids is 1. The number of rotatable bonds is 10. The molecule has 0 aliphatic rings. The van der Waals surface area contributed by atoms with Gasteiger partial charge in [0.15, 0.2) is 0 Å². The lowest BCUT2D eigenvalue weighted by Gasteiger charge is -2.13. The van der Waals surface area contributed by atoms with Crippen molar-refractivity contribution in [3.8, 4) is 0 Å². The molecule has 18 heavy (non-hydrogen) atoms. The molecular weight excluding hydrogens is 258 g/mol. The van der Waals surface area contributed by atoms with E-state index in [1.54, 1.807) is 0 Å². The maximum Gasteiger partial charge on any atom is 0.315 e. The highest BCUT2D eigenvalue weighted by atomic mass is 32.2. The first-order chi connectivity index (χ1) is 8.37. The molecule has 0 aliphatic heterocycles. The van der Waals surface area contributed by atoms with Crippen molar-refractivity contribution in [3.63, 3.8) is 0 Å². The summed E-state index contributed by atoms with van der Waals surface area (Å²) in [5.41, 5.74) is 0. The maximum atomic E-state index is 12.9. The van der Waals surface area contributed by atoms with Crippen LogP contribution in [-0.2, 0) is 9.53 Å². The third-order valence-electron chi connectivity index (χ3n) is 2.40. The predicted molar refractivity (Wildman–Crippen MR) is 72.2 cm³/mol. The van der Waals surface area contributed by atoms with Crippen LogP contribution in [0.2, 0.25) is 0 Å². The first-order valence-corrected chi connectivity index (χ1v) is 7.64. The molecule has 0 radical (unpaired) electrons. The van der Waals surface area contributed by atoms with Crippen LogP contribution in [0.25, 0.3) is 0 Å². The van der Waals surface area contributed by atoms with E-state index in [2.05, 4.69) is 0 Å². The van der Waals surface area contributed by atoms with Crippen molar-refractivity contribution in [2.24, 2.45) is 5.92 Å². The Balaban J connectivity index is 3.38. The summed E-state index contributed by atoms with van der Waals surface area (Å²) in [6.45, 7) is 5.91. The SMILES string of the molecule is CCC(F)(F)CCCCSCC(=O)OCC(C)C. The van der Waals surface area contributed by atoms with Crippen molar-refractivity contribution in [1.82, 2.24) is 0 Å². The van der Waals surface area contributed by atoms with Gasteiger partial charge in [-0.2, -0.15) is 11.8 Å². The van der Waals surface area contributed by atoms with E-state index in [0.717, 1.165) is 12.2 Å². The second-order valence-electron chi connectivity index (χ2n) is 4.80. The van der Waals surface area contributed by atoms with Crippen LogP contribution in [0.3, 0.4) is 0 Å². The fourth-order valence-electron chi connectivity index (χ4n) is 1.22. The van der Waals surface area contributed by atoms with Gasteiger partial charge in [-0.25, -0.2) is 8.78 Å². The van der Waals surface area contributed by atoms with E-state index in [1.165, 1.54) is 18.7 Å². The molecule has 0 amide bonds. The lowest BCUT2D eigenvalue weighted by atomic mass is 10.1. The molecule has 0 atom stereocenters. The quantitative estimate of drug-likeness (QED) is 0.445. The van der Waals surface area contributed by atoms with E-state index in [0.29, 0.717) is 24.7 Å². The summed E-state index contributed by atoms with van der Waals surface area (Å²) in [4.78, 5) is 11.2. The number of carbonyl (C=O) groups is 1. The van der Waals surface area contributed by atoms with E-state index in [1.807, 2.05) is 13.8 Å². The van der Waals surface area contributed by atoms with Gasteiger partial charge in [0, 0.05) is 12.8 Å². The van der Waals surface area contributed by atoms with Crippen LogP contribution >= 0.6 is 11.8 Å². The zero-order chi connectivity index (χ0) is 14.0. The molecule has 0 saturated heterocycles. The lowest BCUT2D eigenvalue weighted by molar-refractivity contribution is -0.141. The van der Waals surface area contributed by atoms with Crippen molar-refractivity contribution in [3.05, 3.63) is 0 Å². The van der Waals surface area contributed by atoms with Crippen molar-refractivity contribution in [2.75, 3.05) is 18.1 Å². The van der Waals surface area contributed by atoms with E-state index in [-0.39, 0.29) is 18.8 Å². The summed E-state index contributed by atoms with van der Waals surface area (Å²) in [5, 5.41) is 0. The predicted octanol–water partition coefficient (Wildman–Crippen LogP) is 4.13. The van der Waals surface area contributed by atoms with E-state index in [4.69, 9.17) is 4.74 Å². The van der Waals surface area contributed by atoms with Gasteiger partial charge in [0.1, 0.15) is 0 Å². The molecule has 0 aromatic carbocycles. The molecule has 2 nitrogen and oxygen atoms in total. The highest BCUT2D eigenvalue weighted by molar-refractivity contribution is 7.99. The van der Waals surface area contributed by atoms with E-state index in [9.17, 15) is 13.6 Å². The smallest absolute Gasteiger partial charge is 0.315 e. The molecular formula is C13H24F2O2S. The first-order valence-electron chi connectivity index (χ1n) is 6.48. The summed E-state index contributed by atoms with van der Waals surface area (Å²) >= 11 is 1.45. The molecule has 0 spiro atoms. The number of halogens is 2. The van der Waals surface area contributed by atoms with Gasteiger partial charge in [0.25, 0.3) is 0 Å². The molecule has 0 bridgehead atoms. The van der Waals surface area contributed by atoms with Crippen LogP contribution in [0, 0.1) is 5.92 Å². The van der Waals surface area contributed by atoms with Crippen molar-refractivity contribution in [2.45, 2.75) is 52.4 Å². The summed E-state index contributed by atoms with van der Waals surface area (Å²) in [5.74, 6) is -1.35. The number of hydrogen-bond donors (Lipinski definition) is 0.